The van der Waals surface area contributed by atoms with Gasteiger partial charge in [-0.3, -0.25) is 9.59 Å². The zero-order chi connectivity index (χ0) is 24.8. The quantitative estimate of drug-likeness (QED) is 0.550. The standard InChI is InChI=1S/C27H27FN4O4/c1-35-24-8-7-17(11-21(24)28)12-25(33)31-10-9-18-13-30(14-22(18)31)27(34)26-20-15-36-16-23(20)32(29-26)19-5-3-2-4-6-19/h2-8,11,18,22H,9-10,12-16H2,1H3/t18-,22-/m0/s1. The Morgan fingerprint density at radius 1 is 1.14 bits per heavy atom. The number of rotatable bonds is 5. The van der Waals surface area contributed by atoms with Crippen LogP contribution in [-0.2, 0) is 29.2 Å². The van der Waals surface area contributed by atoms with E-state index >= 15 is 0 Å². The van der Waals surface area contributed by atoms with E-state index < -0.39 is 5.82 Å². The number of carbonyl (C=O) groups is 2. The van der Waals surface area contributed by atoms with Gasteiger partial charge in [-0.1, -0.05) is 24.3 Å². The molecule has 186 valence electrons. The Bertz CT molecular complexity index is 1320. The lowest BCUT2D eigenvalue weighted by atomic mass is 10.0. The molecule has 3 aliphatic rings. The topological polar surface area (TPSA) is 76.9 Å². The average molecular weight is 491 g/mol. The van der Waals surface area contributed by atoms with Crippen LogP contribution < -0.4 is 4.74 Å². The van der Waals surface area contributed by atoms with Crippen LogP contribution in [0.15, 0.2) is 48.5 Å². The molecule has 0 aliphatic carbocycles. The number of halogens is 1. The summed E-state index contributed by atoms with van der Waals surface area (Å²) in [6.45, 7) is 2.51. The Morgan fingerprint density at radius 2 is 1.97 bits per heavy atom. The first-order chi connectivity index (χ1) is 17.5. The number of likely N-dealkylation sites (tertiary alicyclic amines) is 2. The molecule has 9 heteroatoms. The number of nitrogens with zero attached hydrogens (tertiary/aromatic N) is 4. The molecule has 4 heterocycles. The largest absolute Gasteiger partial charge is 0.494 e. The molecule has 3 aromatic rings. The zero-order valence-corrected chi connectivity index (χ0v) is 20.0. The highest BCUT2D eigenvalue weighted by Crippen LogP contribution is 2.34. The Labute approximate surface area is 208 Å². The van der Waals surface area contributed by atoms with E-state index in [9.17, 15) is 14.0 Å². The van der Waals surface area contributed by atoms with E-state index in [0.29, 0.717) is 44.1 Å². The third kappa shape index (κ3) is 3.83. The van der Waals surface area contributed by atoms with E-state index in [0.717, 1.165) is 23.4 Å². The van der Waals surface area contributed by atoms with Gasteiger partial charge in [-0.05, 0) is 36.2 Å². The molecule has 0 spiro atoms. The van der Waals surface area contributed by atoms with Gasteiger partial charge in [-0.25, -0.2) is 9.07 Å². The van der Waals surface area contributed by atoms with Crippen molar-refractivity contribution in [2.24, 2.45) is 5.92 Å². The monoisotopic (exact) mass is 490 g/mol. The lowest BCUT2D eigenvalue weighted by Gasteiger charge is -2.25. The van der Waals surface area contributed by atoms with Crippen molar-refractivity contribution >= 4 is 11.8 Å². The minimum absolute atomic E-state index is 0.0370. The van der Waals surface area contributed by atoms with Crippen LogP contribution in [0.5, 0.6) is 5.75 Å². The second-order valence-electron chi connectivity index (χ2n) is 9.57. The van der Waals surface area contributed by atoms with Gasteiger partial charge < -0.3 is 19.3 Å². The number of hydrogen-bond donors (Lipinski definition) is 0. The summed E-state index contributed by atoms with van der Waals surface area (Å²) < 4.78 is 26.5. The normalized spacial score (nSPS) is 20.5. The molecule has 36 heavy (non-hydrogen) atoms. The van der Waals surface area contributed by atoms with Gasteiger partial charge in [-0.2, -0.15) is 5.10 Å². The first kappa shape index (κ1) is 22.7. The molecule has 0 unspecified atom stereocenters. The molecule has 2 saturated heterocycles. The maximum absolute atomic E-state index is 14.1. The van der Waals surface area contributed by atoms with E-state index in [1.165, 1.54) is 19.2 Å². The van der Waals surface area contributed by atoms with Crippen LogP contribution in [0.25, 0.3) is 5.69 Å². The van der Waals surface area contributed by atoms with E-state index in [4.69, 9.17) is 14.6 Å². The summed E-state index contributed by atoms with van der Waals surface area (Å²) in [5.74, 6) is -0.268. The Kier molecular flexibility index (Phi) is 5.72. The minimum Gasteiger partial charge on any atom is -0.494 e. The maximum atomic E-state index is 14.1. The molecular weight excluding hydrogens is 463 g/mol. The van der Waals surface area contributed by atoms with E-state index in [1.807, 2.05) is 40.1 Å². The highest BCUT2D eigenvalue weighted by molar-refractivity contribution is 5.94. The smallest absolute Gasteiger partial charge is 0.274 e. The van der Waals surface area contributed by atoms with Crippen molar-refractivity contribution in [3.8, 4) is 11.4 Å². The Morgan fingerprint density at radius 3 is 2.75 bits per heavy atom. The fraction of sp³-hybridized carbons (Fsp3) is 0.370. The number of aromatic nitrogens is 2. The van der Waals surface area contributed by atoms with E-state index in [-0.39, 0.29) is 35.9 Å². The van der Waals surface area contributed by atoms with Gasteiger partial charge in [0, 0.05) is 31.1 Å². The molecule has 1 aromatic heterocycles. The molecule has 0 N–H and O–H groups in total. The summed E-state index contributed by atoms with van der Waals surface area (Å²) in [4.78, 5) is 30.4. The average Bonchev–Trinajstić information content (AvgIpc) is 3.65. The number of methoxy groups -OCH3 is 1. The van der Waals surface area contributed by atoms with Crippen LogP contribution in [-0.4, -0.2) is 64.2 Å². The fourth-order valence-corrected chi connectivity index (χ4v) is 5.67. The van der Waals surface area contributed by atoms with Gasteiger partial charge >= 0.3 is 0 Å². The van der Waals surface area contributed by atoms with Gasteiger partial charge in [0.05, 0.1) is 44.2 Å². The number of fused-ring (bicyclic) bond motifs is 2. The van der Waals surface area contributed by atoms with Crippen molar-refractivity contribution in [2.75, 3.05) is 26.7 Å². The Hall–Kier alpha value is -3.72. The van der Waals surface area contributed by atoms with Crippen LogP contribution in [0.3, 0.4) is 0 Å². The molecule has 0 bridgehead atoms. The highest BCUT2D eigenvalue weighted by atomic mass is 19.1. The number of carbonyl (C=O) groups excluding carboxylic acids is 2. The van der Waals surface area contributed by atoms with Crippen molar-refractivity contribution in [1.29, 1.82) is 0 Å². The minimum atomic E-state index is -0.480. The van der Waals surface area contributed by atoms with Crippen LogP contribution in [0.2, 0.25) is 0 Å². The van der Waals surface area contributed by atoms with Crippen molar-refractivity contribution in [2.45, 2.75) is 32.1 Å². The molecule has 6 rings (SSSR count). The summed E-state index contributed by atoms with van der Waals surface area (Å²) in [6, 6.07) is 14.3. The molecular formula is C27H27FN4O4. The van der Waals surface area contributed by atoms with Gasteiger partial charge in [0.25, 0.3) is 5.91 Å². The van der Waals surface area contributed by atoms with Crippen LogP contribution >= 0.6 is 0 Å². The van der Waals surface area contributed by atoms with E-state index in [2.05, 4.69) is 0 Å². The van der Waals surface area contributed by atoms with Gasteiger partial charge in [0.2, 0.25) is 5.91 Å². The molecule has 8 nitrogen and oxygen atoms in total. The SMILES string of the molecule is COc1ccc(CC(=O)N2CC[C@H]3CN(C(=O)c4nn(-c5ccccc5)c5c4COC5)C[C@@H]32)cc1F. The van der Waals surface area contributed by atoms with Gasteiger partial charge in [-0.15, -0.1) is 0 Å². The lowest BCUT2D eigenvalue weighted by Crippen LogP contribution is -2.41. The zero-order valence-electron chi connectivity index (χ0n) is 20.0. The fourth-order valence-electron chi connectivity index (χ4n) is 5.67. The summed E-state index contributed by atoms with van der Waals surface area (Å²) in [7, 11) is 1.41. The predicted octanol–water partition coefficient (Wildman–Crippen LogP) is 2.97. The molecule has 2 aromatic carbocycles. The molecule has 0 saturated carbocycles. The summed E-state index contributed by atoms with van der Waals surface area (Å²) in [6.07, 6.45) is 0.960. The third-order valence-electron chi connectivity index (χ3n) is 7.51. The second kappa shape index (κ2) is 9.05. The Balaban J connectivity index is 1.18. The molecule has 2 atom stereocenters. The van der Waals surface area contributed by atoms with Crippen molar-refractivity contribution in [3.05, 3.63) is 76.9 Å². The van der Waals surface area contributed by atoms with Crippen molar-refractivity contribution < 1.29 is 23.5 Å². The summed E-state index contributed by atoms with van der Waals surface area (Å²) in [5.41, 5.74) is 3.68. The highest BCUT2D eigenvalue weighted by Gasteiger charge is 2.45. The predicted molar refractivity (Wildman–Crippen MR) is 128 cm³/mol. The number of benzene rings is 2. The van der Waals surface area contributed by atoms with Crippen LogP contribution in [0.4, 0.5) is 4.39 Å². The van der Waals surface area contributed by atoms with Gasteiger partial charge in [0.1, 0.15) is 0 Å². The summed E-state index contributed by atoms with van der Waals surface area (Å²) in [5, 5.41) is 4.69. The molecule has 3 aliphatic heterocycles. The van der Waals surface area contributed by atoms with E-state index in [1.54, 1.807) is 10.7 Å². The van der Waals surface area contributed by atoms with Crippen molar-refractivity contribution in [3.63, 3.8) is 0 Å². The lowest BCUT2D eigenvalue weighted by molar-refractivity contribution is -0.131. The van der Waals surface area contributed by atoms with Crippen LogP contribution in [0.1, 0.15) is 33.7 Å². The molecule has 2 fully saturated rings. The maximum Gasteiger partial charge on any atom is 0.274 e. The number of hydrogen-bond acceptors (Lipinski definition) is 5. The number of amides is 2. The molecule has 2 amide bonds. The first-order valence-corrected chi connectivity index (χ1v) is 12.2. The summed E-state index contributed by atoms with van der Waals surface area (Å²) >= 11 is 0. The van der Waals surface area contributed by atoms with Gasteiger partial charge in [0.15, 0.2) is 17.3 Å². The van der Waals surface area contributed by atoms with Crippen LogP contribution in [0, 0.1) is 11.7 Å². The number of ether oxygens (including phenoxy) is 2. The first-order valence-electron chi connectivity index (χ1n) is 12.2. The van der Waals surface area contributed by atoms with Crippen molar-refractivity contribution in [1.82, 2.24) is 19.6 Å². The number of para-hydroxylation sites is 1. The third-order valence-corrected chi connectivity index (χ3v) is 7.51. The molecule has 0 radical (unpaired) electrons. The second-order valence-corrected chi connectivity index (χ2v) is 9.57.